The van der Waals surface area contributed by atoms with Crippen LogP contribution < -0.4 is 0 Å². The molecule has 1 unspecified atom stereocenters. The summed E-state index contributed by atoms with van der Waals surface area (Å²) in [6.07, 6.45) is 16.3. The molecule has 6 atom stereocenters. The van der Waals surface area contributed by atoms with Crippen molar-refractivity contribution in [3.63, 3.8) is 0 Å². The Kier molecular flexibility index (Phi) is 5.97. The van der Waals surface area contributed by atoms with E-state index in [9.17, 15) is 9.90 Å². The van der Waals surface area contributed by atoms with Crippen LogP contribution in [-0.2, 0) is 4.79 Å². The Bertz CT molecular complexity index is 873. The van der Waals surface area contributed by atoms with Crippen LogP contribution in [0.15, 0.2) is 34.9 Å². The molecule has 4 aliphatic rings. The van der Waals surface area contributed by atoms with E-state index in [1.165, 1.54) is 25.7 Å². The van der Waals surface area contributed by atoms with E-state index >= 15 is 0 Å². The van der Waals surface area contributed by atoms with Gasteiger partial charge in [0.2, 0.25) is 0 Å². The van der Waals surface area contributed by atoms with Crippen LogP contribution >= 0.6 is 0 Å². The number of rotatable bonds is 5. The Balaban J connectivity index is 1.63. The van der Waals surface area contributed by atoms with Crippen molar-refractivity contribution in [2.24, 2.45) is 39.4 Å². The van der Waals surface area contributed by atoms with E-state index in [2.05, 4.69) is 59.8 Å². The Hall–Kier alpha value is -1.15. The molecule has 4 aliphatic carbocycles. The number of carbonyl (C=O) groups is 1. The molecular weight excluding hydrogens is 392 g/mol. The molecule has 2 fully saturated rings. The second-order valence-electron chi connectivity index (χ2n) is 12.9. The summed E-state index contributed by atoms with van der Waals surface area (Å²) in [6, 6.07) is 0. The predicted molar refractivity (Wildman–Crippen MR) is 133 cm³/mol. The van der Waals surface area contributed by atoms with E-state index in [4.69, 9.17) is 0 Å². The summed E-state index contributed by atoms with van der Waals surface area (Å²) in [5.41, 5.74) is 4.80. The lowest BCUT2D eigenvalue weighted by atomic mass is 9.44. The lowest BCUT2D eigenvalue weighted by molar-refractivity contribution is -0.138. The lowest BCUT2D eigenvalue weighted by Crippen LogP contribution is -2.53. The van der Waals surface area contributed by atoms with Gasteiger partial charge in [-0.1, -0.05) is 65.3 Å². The van der Waals surface area contributed by atoms with E-state index in [0.29, 0.717) is 23.0 Å². The second-order valence-corrected chi connectivity index (χ2v) is 12.9. The molecular formula is C30H46O2. The molecule has 0 aromatic carbocycles. The van der Waals surface area contributed by atoms with Gasteiger partial charge in [-0.15, -0.1) is 0 Å². The zero-order valence-corrected chi connectivity index (χ0v) is 21.7. The monoisotopic (exact) mass is 438 g/mol. The highest BCUT2D eigenvalue weighted by Crippen LogP contribution is 2.71. The molecule has 0 spiro atoms. The molecule has 1 N–H and O–H groups in total. The van der Waals surface area contributed by atoms with Gasteiger partial charge in [-0.25, -0.2) is 0 Å². The van der Waals surface area contributed by atoms with Crippen LogP contribution in [0.25, 0.3) is 0 Å². The standard InChI is InChI=1S/C30H46O2/c1-20(19-31)9-8-10-21(2)22-13-17-30(7)24-11-12-25-27(3,4)26(32)15-16-28(25,5)23(24)14-18-29(22,30)6/h9,11,14,21-22,25,31H,8,10,12-13,15-19H2,1-7H3/b20-9-/t21-,22-,25?,28-,29-,30+/m1/s1. The second kappa shape index (κ2) is 7.97. The summed E-state index contributed by atoms with van der Waals surface area (Å²) in [5.74, 6) is 2.32. The third-order valence-corrected chi connectivity index (χ3v) is 11.1. The van der Waals surface area contributed by atoms with Gasteiger partial charge in [-0.3, -0.25) is 4.79 Å². The van der Waals surface area contributed by atoms with Gasteiger partial charge in [0.1, 0.15) is 5.78 Å². The van der Waals surface area contributed by atoms with Gasteiger partial charge in [-0.05, 0) is 97.0 Å². The molecule has 0 heterocycles. The molecule has 178 valence electrons. The van der Waals surface area contributed by atoms with E-state index < -0.39 is 0 Å². The van der Waals surface area contributed by atoms with Crippen molar-refractivity contribution in [2.45, 2.75) is 99.8 Å². The topological polar surface area (TPSA) is 37.3 Å². The minimum atomic E-state index is -0.218. The summed E-state index contributed by atoms with van der Waals surface area (Å²) >= 11 is 0. The van der Waals surface area contributed by atoms with Crippen molar-refractivity contribution in [1.29, 1.82) is 0 Å². The van der Waals surface area contributed by atoms with Crippen molar-refractivity contribution >= 4 is 5.78 Å². The Labute approximate surface area is 196 Å². The van der Waals surface area contributed by atoms with Crippen LogP contribution in [0.1, 0.15) is 99.8 Å². The van der Waals surface area contributed by atoms with Gasteiger partial charge in [0.05, 0.1) is 6.61 Å². The number of carbonyl (C=O) groups excluding carboxylic acids is 1. The maximum absolute atomic E-state index is 12.8. The number of fused-ring (bicyclic) bond motifs is 5. The minimum Gasteiger partial charge on any atom is -0.392 e. The van der Waals surface area contributed by atoms with Gasteiger partial charge in [0.25, 0.3) is 0 Å². The van der Waals surface area contributed by atoms with E-state index in [0.717, 1.165) is 37.2 Å². The molecule has 2 heteroatoms. The van der Waals surface area contributed by atoms with E-state index in [1.807, 2.05) is 6.92 Å². The summed E-state index contributed by atoms with van der Waals surface area (Å²) in [5, 5.41) is 9.30. The summed E-state index contributed by atoms with van der Waals surface area (Å²) in [6.45, 7) is 16.7. The summed E-state index contributed by atoms with van der Waals surface area (Å²) < 4.78 is 0. The zero-order valence-electron chi connectivity index (χ0n) is 21.7. The number of ketones is 1. The van der Waals surface area contributed by atoms with Crippen LogP contribution in [-0.4, -0.2) is 17.5 Å². The summed E-state index contributed by atoms with van der Waals surface area (Å²) in [7, 11) is 0. The van der Waals surface area contributed by atoms with Gasteiger partial charge >= 0.3 is 0 Å². The minimum absolute atomic E-state index is 0.141. The molecule has 2 nitrogen and oxygen atoms in total. The quantitative estimate of drug-likeness (QED) is 0.453. The first-order valence-electron chi connectivity index (χ1n) is 13.1. The fourth-order valence-electron chi connectivity index (χ4n) is 8.62. The maximum atomic E-state index is 12.8. The first kappa shape index (κ1) is 24.0. The van der Waals surface area contributed by atoms with Crippen LogP contribution in [0.4, 0.5) is 0 Å². The van der Waals surface area contributed by atoms with Gasteiger partial charge in [0, 0.05) is 11.8 Å². The fourth-order valence-corrected chi connectivity index (χ4v) is 8.62. The van der Waals surface area contributed by atoms with Crippen LogP contribution in [0.3, 0.4) is 0 Å². The molecule has 0 saturated heterocycles. The molecule has 0 amide bonds. The van der Waals surface area contributed by atoms with Crippen LogP contribution in [0, 0.1) is 39.4 Å². The van der Waals surface area contributed by atoms with Crippen LogP contribution in [0.5, 0.6) is 0 Å². The number of aliphatic hydroxyl groups excluding tert-OH is 1. The molecule has 2 saturated carbocycles. The Morgan fingerprint density at radius 1 is 1.16 bits per heavy atom. The number of aliphatic hydroxyl groups is 1. The van der Waals surface area contributed by atoms with Gasteiger partial charge in [-0.2, -0.15) is 0 Å². The highest BCUT2D eigenvalue weighted by atomic mass is 16.3. The van der Waals surface area contributed by atoms with Gasteiger partial charge < -0.3 is 5.11 Å². The largest absolute Gasteiger partial charge is 0.392 e. The molecule has 0 radical (unpaired) electrons. The van der Waals surface area contributed by atoms with Crippen LogP contribution in [0.2, 0.25) is 0 Å². The van der Waals surface area contributed by atoms with E-state index in [-0.39, 0.29) is 22.9 Å². The fraction of sp³-hybridized carbons (Fsp3) is 0.767. The van der Waals surface area contributed by atoms with Crippen molar-refractivity contribution in [3.8, 4) is 0 Å². The first-order chi connectivity index (χ1) is 14.9. The molecule has 4 rings (SSSR count). The maximum Gasteiger partial charge on any atom is 0.138 e. The number of allylic oxidation sites excluding steroid dienone is 5. The zero-order chi connectivity index (χ0) is 23.5. The smallest absolute Gasteiger partial charge is 0.138 e. The number of hydrogen-bond acceptors (Lipinski definition) is 2. The van der Waals surface area contributed by atoms with Gasteiger partial charge in [0.15, 0.2) is 0 Å². The Morgan fingerprint density at radius 2 is 1.88 bits per heavy atom. The lowest BCUT2D eigenvalue weighted by Gasteiger charge is -2.59. The average molecular weight is 439 g/mol. The van der Waals surface area contributed by atoms with Crippen molar-refractivity contribution < 1.29 is 9.90 Å². The van der Waals surface area contributed by atoms with Crippen molar-refractivity contribution in [3.05, 3.63) is 34.9 Å². The van der Waals surface area contributed by atoms with Crippen molar-refractivity contribution in [1.82, 2.24) is 0 Å². The first-order valence-corrected chi connectivity index (χ1v) is 13.1. The van der Waals surface area contributed by atoms with Crippen molar-refractivity contribution in [2.75, 3.05) is 6.61 Å². The highest BCUT2D eigenvalue weighted by molar-refractivity contribution is 5.86. The predicted octanol–water partition coefficient (Wildman–Crippen LogP) is 7.44. The van der Waals surface area contributed by atoms with E-state index in [1.54, 1.807) is 11.1 Å². The highest BCUT2D eigenvalue weighted by Gasteiger charge is 2.63. The third-order valence-electron chi connectivity index (χ3n) is 11.1. The molecule has 0 aliphatic heterocycles. The number of Topliss-reactive ketones (excluding diaryl/α,β-unsaturated/α-hetero) is 1. The molecule has 0 aromatic heterocycles. The molecule has 0 aromatic rings. The summed E-state index contributed by atoms with van der Waals surface area (Å²) in [4.78, 5) is 12.8. The third kappa shape index (κ3) is 3.26. The molecule has 32 heavy (non-hydrogen) atoms. The SMILES string of the molecule is C/C(=C/CC[C@@H](C)[C@H]1CC[C@@]2(C)C3=CCC4C(C)(C)C(=O)CC[C@]4(C)C3=CC[C@]12C)CO. The molecule has 0 bridgehead atoms. The normalized spacial score (nSPS) is 41.9. The number of hydrogen-bond donors (Lipinski definition) is 1. The Morgan fingerprint density at radius 3 is 2.56 bits per heavy atom. The average Bonchev–Trinajstić information content (AvgIpc) is 3.02.